The Morgan fingerprint density at radius 1 is 0.328 bits per heavy atom. The summed E-state index contributed by atoms with van der Waals surface area (Å²) in [4.78, 5) is 37.9. The van der Waals surface area contributed by atoms with Crippen molar-refractivity contribution in [2.45, 2.75) is 291 Å². The molecule has 1 atom stereocenters. The molecule has 0 N–H and O–H groups in total. The molecule has 0 bridgehead atoms. The molecule has 58 heavy (non-hydrogen) atoms. The van der Waals surface area contributed by atoms with Gasteiger partial charge in [0, 0.05) is 19.3 Å². The van der Waals surface area contributed by atoms with Crippen LogP contribution in [0.5, 0.6) is 0 Å². The molecule has 0 saturated carbocycles. The van der Waals surface area contributed by atoms with E-state index < -0.39 is 6.10 Å². The van der Waals surface area contributed by atoms with E-state index in [0.29, 0.717) is 19.3 Å². The molecule has 0 aromatic rings. The van der Waals surface area contributed by atoms with E-state index in [-0.39, 0.29) is 31.1 Å². The Morgan fingerprint density at radius 3 is 0.845 bits per heavy atom. The quantitative estimate of drug-likeness (QED) is 0.0346. The first-order chi connectivity index (χ1) is 28.2. The Morgan fingerprint density at radius 2 is 0.569 bits per heavy atom. The maximum Gasteiger partial charge on any atom is 0.306 e. The van der Waals surface area contributed by atoms with Crippen molar-refractivity contribution in [3.63, 3.8) is 0 Å². The fraction of sp³-hybridized carbons (Fsp3) is 0.942. The molecule has 0 aromatic carbocycles. The molecule has 0 rings (SSSR count). The number of hydrogen-bond donors (Lipinski definition) is 0. The van der Waals surface area contributed by atoms with Gasteiger partial charge in [-0.05, 0) is 31.1 Å². The first kappa shape index (κ1) is 56.4. The molecule has 6 heteroatoms. The van der Waals surface area contributed by atoms with E-state index in [1.165, 1.54) is 173 Å². The first-order valence-corrected chi connectivity index (χ1v) is 25.7. The second kappa shape index (κ2) is 44.9. The highest BCUT2D eigenvalue weighted by atomic mass is 16.6. The second-order valence-electron chi connectivity index (χ2n) is 18.8. The van der Waals surface area contributed by atoms with Gasteiger partial charge in [0.05, 0.1) is 0 Å². The molecule has 6 nitrogen and oxygen atoms in total. The smallest absolute Gasteiger partial charge is 0.306 e. The molecule has 0 heterocycles. The van der Waals surface area contributed by atoms with E-state index in [1.54, 1.807) is 0 Å². The van der Waals surface area contributed by atoms with Crippen molar-refractivity contribution in [1.29, 1.82) is 0 Å². The number of hydrogen-bond acceptors (Lipinski definition) is 6. The van der Waals surface area contributed by atoms with Crippen LogP contribution in [0.2, 0.25) is 0 Å². The van der Waals surface area contributed by atoms with Gasteiger partial charge in [-0.25, -0.2) is 0 Å². The summed E-state index contributed by atoms with van der Waals surface area (Å²) in [6, 6.07) is 0. The van der Waals surface area contributed by atoms with Gasteiger partial charge in [0.1, 0.15) is 13.2 Å². The Balaban J connectivity index is 4.27. The summed E-state index contributed by atoms with van der Waals surface area (Å²) in [6.07, 6.45) is 45.2. The molecule has 0 unspecified atom stereocenters. The van der Waals surface area contributed by atoms with Gasteiger partial charge in [-0.2, -0.15) is 0 Å². The van der Waals surface area contributed by atoms with Gasteiger partial charge in [0.2, 0.25) is 0 Å². The second-order valence-corrected chi connectivity index (χ2v) is 18.8. The molecular formula is C52H100O6. The summed E-state index contributed by atoms with van der Waals surface area (Å²) in [5.41, 5.74) is 0. The lowest BCUT2D eigenvalue weighted by atomic mass is 10.0. The Kier molecular flexibility index (Phi) is 43.7. The largest absolute Gasteiger partial charge is 0.462 e. The molecule has 0 saturated heterocycles. The average Bonchev–Trinajstić information content (AvgIpc) is 3.19. The minimum Gasteiger partial charge on any atom is -0.462 e. The zero-order valence-electron chi connectivity index (χ0n) is 39.7. The van der Waals surface area contributed by atoms with Crippen molar-refractivity contribution in [3.8, 4) is 0 Å². The van der Waals surface area contributed by atoms with Crippen LogP contribution in [0.3, 0.4) is 0 Å². The number of ether oxygens (including phenoxy) is 3. The molecule has 0 aromatic heterocycles. The van der Waals surface area contributed by atoms with Crippen LogP contribution in [0.4, 0.5) is 0 Å². The van der Waals surface area contributed by atoms with Gasteiger partial charge in [0.25, 0.3) is 0 Å². The number of unbranched alkanes of at least 4 members (excludes halogenated alkanes) is 31. The maximum absolute atomic E-state index is 12.7. The molecule has 0 fully saturated rings. The van der Waals surface area contributed by atoms with Gasteiger partial charge >= 0.3 is 17.9 Å². The molecule has 0 spiro atoms. The number of carbonyl (C=O) groups excluding carboxylic acids is 3. The summed E-state index contributed by atoms with van der Waals surface area (Å²) in [5, 5.41) is 0. The monoisotopic (exact) mass is 821 g/mol. The zero-order chi connectivity index (χ0) is 42.6. The summed E-state index contributed by atoms with van der Waals surface area (Å²) in [7, 11) is 0. The third kappa shape index (κ3) is 45.5. The molecule has 0 amide bonds. The third-order valence-corrected chi connectivity index (χ3v) is 11.7. The lowest BCUT2D eigenvalue weighted by Gasteiger charge is -2.18. The van der Waals surface area contributed by atoms with Crippen LogP contribution in [0.15, 0.2) is 0 Å². The van der Waals surface area contributed by atoms with Gasteiger partial charge < -0.3 is 14.2 Å². The predicted molar refractivity (Wildman–Crippen MR) is 247 cm³/mol. The molecular weight excluding hydrogens is 721 g/mol. The van der Waals surface area contributed by atoms with Crippen molar-refractivity contribution in [2.75, 3.05) is 13.2 Å². The van der Waals surface area contributed by atoms with Crippen LogP contribution in [0.1, 0.15) is 285 Å². The summed E-state index contributed by atoms with van der Waals surface area (Å²) >= 11 is 0. The third-order valence-electron chi connectivity index (χ3n) is 11.7. The Hall–Kier alpha value is -1.59. The van der Waals surface area contributed by atoms with E-state index in [4.69, 9.17) is 14.2 Å². The van der Waals surface area contributed by atoms with Crippen LogP contribution in [0.25, 0.3) is 0 Å². The summed E-state index contributed by atoms with van der Waals surface area (Å²) in [5.74, 6) is 0.766. The average molecular weight is 821 g/mol. The highest BCUT2D eigenvalue weighted by Crippen LogP contribution is 2.17. The van der Waals surface area contributed by atoms with Crippen LogP contribution >= 0.6 is 0 Å². The van der Waals surface area contributed by atoms with Gasteiger partial charge in [0.15, 0.2) is 6.10 Å². The maximum atomic E-state index is 12.7. The predicted octanol–water partition coefficient (Wildman–Crippen LogP) is 16.5. The van der Waals surface area contributed by atoms with E-state index >= 15 is 0 Å². The number of rotatable bonds is 46. The lowest BCUT2D eigenvalue weighted by Crippen LogP contribution is -2.30. The lowest BCUT2D eigenvalue weighted by molar-refractivity contribution is -0.167. The van der Waals surface area contributed by atoms with Crippen molar-refractivity contribution < 1.29 is 28.6 Å². The minimum atomic E-state index is -0.762. The van der Waals surface area contributed by atoms with Crippen molar-refractivity contribution >= 4 is 17.9 Å². The highest BCUT2D eigenvalue weighted by molar-refractivity contribution is 5.71. The van der Waals surface area contributed by atoms with Gasteiger partial charge in [-0.3, -0.25) is 14.4 Å². The number of esters is 3. The van der Waals surface area contributed by atoms with Crippen LogP contribution in [0, 0.1) is 11.8 Å². The van der Waals surface area contributed by atoms with E-state index in [2.05, 4.69) is 34.6 Å². The van der Waals surface area contributed by atoms with Gasteiger partial charge in [-0.15, -0.1) is 0 Å². The first-order valence-electron chi connectivity index (χ1n) is 25.7. The molecule has 0 aliphatic heterocycles. The normalized spacial score (nSPS) is 12.1. The molecule has 0 radical (unpaired) electrons. The zero-order valence-corrected chi connectivity index (χ0v) is 39.7. The summed E-state index contributed by atoms with van der Waals surface area (Å²) in [6.45, 7) is 11.3. The van der Waals surface area contributed by atoms with Gasteiger partial charge in [-0.1, -0.05) is 247 Å². The highest BCUT2D eigenvalue weighted by Gasteiger charge is 2.19. The van der Waals surface area contributed by atoms with E-state index in [1.807, 2.05) is 0 Å². The number of carbonyl (C=O) groups is 3. The van der Waals surface area contributed by atoms with Crippen LogP contribution < -0.4 is 0 Å². The van der Waals surface area contributed by atoms with Crippen LogP contribution in [-0.2, 0) is 28.6 Å². The van der Waals surface area contributed by atoms with E-state index in [9.17, 15) is 14.4 Å². The Bertz CT molecular complexity index is 885. The van der Waals surface area contributed by atoms with Crippen molar-refractivity contribution in [2.24, 2.45) is 11.8 Å². The SMILES string of the molecule is CCCCCCCCCCCCCCCCC(=O)OC[C@@H](COC(=O)CCCCCCCCCCCCCCCC(C)C)OC(=O)CCCCCCCCCC(C)C. The fourth-order valence-electron chi connectivity index (χ4n) is 7.81. The fourth-order valence-corrected chi connectivity index (χ4v) is 7.81. The molecule has 0 aliphatic rings. The minimum absolute atomic E-state index is 0.0644. The molecule has 344 valence electrons. The Labute approximate surface area is 361 Å². The topological polar surface area (TPSA) is 78.9 Å². The van der Waals surface area contributed by atoms with Crippen LogP contribution in [-0.4, -0.2) is 37.2 Å². The summed E-state index contributed by atoms with van der Waals surface area (Å²) < 4.78 is 16.8. The van der Waals surface area contributed by atoms with Crippen molar-refractivity contribution in [3.05, 3.63) is 0 Å². The molecule has 0 aliphatic carbocycles. The standard InChI is InChI=1S/C52H100O6/c1-6-7-8-9-10-11-12-13-16-19-22-27-32-37-42-50(53)56-45-49(58-52(55)44-39-34-29-24-26-31-36-41-48(4)5)46-57-51(54)43-38-33-28-23-20-17-14-15-18-21-25-30-35-40-47(2)3/h47-49H,6-46H2,1-5H3/t49-/m0/s1. The van der Waals surface area contributed by atoms with Crippen molar-refractivity contribution in [1.82, 2.24) is 0 Å². The van der Waals surface area contributed by atoms with E-state index in [0.717, 1.165) is 69.6 Å².